The predicted molar refractivity (Wildman–Crippen MR) is 104 cm³/mol. The van der Waals surface area contributed by atoms with Crippen LogP contribution in [-0.2, 0) is 19.1 Å². The van der Waals surface area contributed by atoms with Gasteiger partial charge in [0, 0.05) is 18.7 Å². The van der Waals surface area contributed by atoms with Gasteiger partial charge in [0.15, 0.2) is 6.61 Å². The SMILES string of the molecule is COc1ccccc1NC(=O)COC(=O)[C@@H]1CC(=O)N(c2ccccc2C)C1. The Balaban J connectivity index is 1.55. The Morgan fingerprint density at radius 2 is 1.86 bits per heavy atom. The van der Waals surface area contributed by atoms with Crippen molar-refractivity contribution in [2.75, 3.05) is 30.5 Å². The van der Waals surface area contributed by atoms with Crippen molar-refractivity contribution in [2.24, 2.45) is 5.92 Å². The van der Waals surface area contributed by atoms with Crippen LogP contribution >= 0.6 is 0 Å². The summed E-state index contributed by atoms with van der Waals surface area (Å²) in [5.74, 6) is -1.24. The lowest BCUT2D eigenvalue weighted by Gasteiger charge is -2.18. The first-order valence-electron chi connectivity index (χ1n) is 8.95. The first kappa shape index (κ1) is 19.4. The summed E-state index contributed by atoms with van der Waals surface area (Å²) in [7, 11) is 1.50. The summed E-state index contributed by atoms with van der Waals surface area (Å²) in [5, 5.41) is 2.64. The van der Waals surface area contributed by atoms with Gasteiger partial charge in [-0.15, -0.1) is 0 Å². The summed E-state index contributed by atoms with van der Waals surface area (Å²) >= 11 is 0. The van der Waals surface area contributed by atoms with E-state index in [-0.39, 0.29) is 18.9 Å². The standard InChI is InChI=1S/C21H22N2O5/c1-14-7-3-5-9-17(14)23-12-15(11-20(23)25)21(26)28-13-19(24)22-16-8-4-6-10-18(16)27-2/h3-10,15H,11-13H2,1-2H3,(H,22,24)/t15-/m1/s1. The van der Waals surface area contributed by atoms with E-state index < -0.39 is 24.4 Å². The molecule has 1 heterocycles. The molecule has 28 heavy (non-hydrogen) atoms. The number of esters is 1. The molecular formula is C21H22N2O5. The number of carbonyl (C=O) groups excluding carboxylic acids is 3. The van der Waals surface area contributed by atoms with Crippen molar-refractivity contribution in [1.29, 1.82) is 0 Å². The second-order valence-corrected chi connectivity index (χ2v) is 6.55. The highest BCUT2D eigenvalue weighted by molar-refractivity contribution is 6.00. The number of rotatable bonds is 6. The molecule has 7 nitrogen and oxygen atoms in total. The van der Waals surface area contributed by atoms with E-state index >= 15 is 0 Å². The number of amides is 2. The second kappa shape index (κ2) is 8.56. The van der Waals surface area contributed by atoms with Gasteiger partial charge >= 0.3 is 5.97 Å². The van der Waals surface area contributed by atoms with Crippen molar-refractivity contribution >= 4 is 29.2 Å². The minimum Gasteiger partial charge on any atom is -0.495 e. The van der Waals surface area contributed by atoms with Gasteiger partial charge in [0.25, 0.3) is 5.91 Å². The summed E-state index contributed by atoms with van der Waals surface area (Å²) in [5.41, 5.74) is 2.24. The zero-order chi connectivity index (χ0) is 20.1. The molecule has 0 unspecified atom stereocenters. The second-order valence-electron chi connectivity index (χ2n) is 6.55. The van der Waals surface area contributed by atoms with E-state index in [1.54, 1.807) is 29.2 Å². The molecule has 0 aliphatic carbocycles. The lowest BCUT2D eigenvalue weighted by atomic mass is 10.1. The van der Waals surface area contributed by atoms with Gasteiger partial charge in [0.05, 0.1) is 18.7 Å². The number of nitrogens with one attached hydrogen (secondary N) is 1. The number of hydrogen-bond donors (Lipinski definition) is 1. The molecule has 1 aliphatic heterocycles. The third-order valence-electron chi connectivity index (χ3n) is 4.59. The Labute approximate surface area is 163 Å². The van der Waals surface area contributed by atoms with Gasteiger partial charge in [-0.3, -0.25) is 14.4 Å². The van der Waals surface area contributed by atoms with E-state index in [2.05, 4.69) is 5.32 Å². The molecule has 1 atom stereocenters. The lowest BCUT2D eigenvalue weighted by molar-refractivity contribution is -0.151. The monoisotopic (exact) mass is 382 g/mol. The minimum absolute atomic E-state index is 0.0707. The summed E-state index contributed by atoms with van der Waals surface area (Å²) < 4.78 is 10.3. The van der Waals surface area contributed by atoms with Gasteiger partial charge in [0.1, 0.15) is 5.75 Å². The predicted octanol–water partition coefficient (Wildman–Crippen LogP) is 2.54. The highest BCUT2D eigenvalue weighted by atomic mass is 16.5. The number of para-hydroxylation sites is 3. The van der Waals surface area contributed by atoms with Gasteiger partial charge in [0.2, 0.25) is 5.91 Å². The normalized spacial score (nSPS) is 16.0. The molecule has 0 bridgehead atoms. The van der Waals surface area contributed by atoms with E-state index in [9.17, 15) is 14.4 Å². The average molecular weight is 382 g/mol. The largest absolute Gasteiger partial charge is 0.495 e. The summed E-state index contributed by atoms with van der Waals surface area (Å²) in [6, 6.07) is 14.5. The van der Waals surface area contributed by atoms with Crippen LogP contribution in [-0.4, -0.2) is 38.0 Å². The zero-order valence-electron chi connectivity index (χ0n) is 15.8. The van der Waals surface area contributed by atoms with Gasteiger partial charge < -0.3 is 19.7 Å². The molecule has 0 saturated carbocycles. The molecule has 3 rings (SSSR count). The van der Waals surface area contributed by atoms with E-state index in [1.165, 1.54) is 7.11 Å². The van der Waals surface area contributed by atoms with E-state index in [1.807, 2.05) is 31.2 Å². The first-order chi connectivity index (χ1) is 13.5. The molecule has 2 amide bonds. The topological polar surface area (TPSA) is 84.9 Å². The molecule has 7 heteroatoms. The molecule has 1 aliphatic rings. The number of ether oxygens (including phenoxy) is 2. The molecule has 1 fully saturated rings. The van der Waals surface area contributed by atoms with Crippen LogP contribution < -0.4 is 15.0 Å². The first-order valence-corrected chi connectivity index (χ1v) is 8.95. The van der Waals surface area contributed by atoms with Crippen molar-refractivity contribution < 1.29 is 23.9 Å². The molecule has 0 aromatic heterocycles. The van der Waals surface area contributed by atoms with Crippen LogP contribution in [0.25, 0.3) is 0 Å². The lowest BCUT2D eigenvalue weighted by Crippen LogP contribution is -2.28. The number of methoxy groups -OCH3 is 1. The minimum atomic E-state index is -0.592. The highest BCUT2D eigenvalue weighted by Gasteiger charge is 2.36. The fraction of sp³-hybridized carbons (Fsp3) is 0.286. The number of hydrogen-bond acceptors (Lipinski definition) is 5. The summed E-state index contributed by atoms with van der Waals surface area (Å²) in [6.07, 6.45) is 0.0707. The van der Waals surface area contributed by atoms with Crippen LogP contribution in [0, 0.1) is 12.8 Å². The molecule has 2 aromatic rings. The maximum absolute atomic E-state index is 12.3. The van der Waals surface area contributed by atoms with E-state index in [4.69, 9.17) is 9.47 Å². The summed E-state index contributed by atoms with van der Waals surface area (Å²) in [6.45, 7) is 1.74. The molecule has 1 N–H and O–H groups in total. The number of carbonyl (C=O) groups is 3. The fourth-order valence-corrected chi connectivity index (χ4v) is 3.15. The Morgan fingerprint density at radius 3 is 2.61 bits per heavy atom. The van der Waals surface area contributed by atoms with Crippen molar-refractivity contribution in [3.05, 3.63) is 54.1 Å². The van der Waals surface area contributed by atoms with Crippen molar-refractivity contribution in [2.45, 2.75) is 13.3 Å². The Kier molecular flexibility index (Phi) is 5.93. The van der Waals surface area contributed by atoms with Crippen LogP contribution in [0.15, 0.2) is 48.5 Å². The highest BCUT2D eigenvalue weighted by Crippen LogP contribution is 2.28. The Hall–Kier alpha value is -3.35. The smallest absolute Gasteiger partial charge is 0.311 e. The third kappa shape index (κ3) is 4.31. The van der Waals surface area contributed by atoms with Crippen LogP contribution in [0.4, 0.5) is 11.4 Å². The van der Waals surface area contributed by atoms with Gasteiger partial charge in [-0.1, -0.05) is 30.3 Å². The maximum atomic E-state index is 12.3. The van der Waals surface area contributed by atoms with Crippen LogP contribution in [0.5, 0.6) is 5.75 Å². The molecule has 146 valence electrons. The molecular weight excluding hydrogens is 360 g/mol. The average Bonchev–Trinajstić information content (AvgIpc) is 3.08. The van der Waals surface area contributed by atoms with Crippen LogP contribution in [0.3, 0.4) is 0 Å². The number of nitrogens with zero attached hydrogens (tertiary/aromatic N) is 1. The number of benzene rings is 2. The van der Waals surface area contributed by atoms with E-state index in [0.29, 0.717) is 11.4 Å². The fourth-order valence-electron chi connectivity index (χ4n) is 3.15. The Morgan fingerprint density at radius 1 is 1.14 bits per heavy atom. The molecule has 0 radical (unpaired) electrons. The zero-order valence-corrected chi connectivity index (χ0v) is 15.8. The van der Waals surface area contributed by atoms with Crippen molar-refractivity contribution in [3.8, 4) is 5.75 Å². The summed E-state index contributed by atoms with van der Waals surface area (Å²) in [4.78, 5) is 38.3. The van der Waals surface area contributed by atoms with E-state index in [0.717, 1.165) is 11.3 Å². The molecule has 1 saturated heterocycles. The van der Waals surface area contributed by atoms with Crippen molar-refractivity contribution in [1.82, 2.24) is 0 Å². The van der Waals surface area contributed by atoms with Crippen LogP contribution in [0.2, 0.25) is 0 Å². The number of aryl methyl sites for hydroxylation is 1. The molecule has 0 spiro atoms. The van der Waals surface area contributed by atoms with Gasteiger partial charge in [-0.25, -0.2) is 0 Å². The molecule has 2 aromatic carbocycles. The Bertz CT molecular complexity index is 896. The van der Waals surface area contributed by atoms with Gasteiger partial charge in [-0.05, 0) is 30.7 Å². The third-order valence-corrected chi connectivity index (χ3v) is 4.59. The van der Waals surface area contributed by atoms with Gasteiger partial charge in [-0.2, -0.15) is 0 Å². The maximum Gasteiger partial charge on any atom is 0.311 e. The van der Waals surface area contributed by atoms with Crippen molar-refractivity contribution in [3.63, 3.8) is 0 Å². The number of anilines is 2. The quantitative estimate of drug-likeness (QED) is 0.776. The van der Waals surface area contributed by atoms with Crippen LogP contribution in [0.1, 0.15) is 12.0 Å².